The fourth-order valence-electron chi connectivity index (χ4n) is 2.75. The second kappa shape index (κ2) is 7.42. The first-order valence-corrected chi connectivity index (χ1v) is 8.08. The number of amides is 3. The van der Waals surface area contributed by atoms with Crippen LogP contribution in [-0.4, -0.2) is 36.0 Å². The Labute approximate surface area is 128 Å². The first kappa shape index (κ1) is 15.8. The number of hydrogen-bond donors (Lipinski definition) is 3. The minimum atomic E-state index is -0.616. The Hall–Kier alpha value is -1.60. The highest BCUT2D eigenvalue weighted by molar-refractivity contribution is 7.10. The molecule has 116 valence electrons. The highest BCUT2D eigenvalue weighted by Gasteiger charge is 2.28. The molecule has 0 saturated carbocycles. The van der Waals surface area contributed by atoms with Gasteiger partial charge in [0, 0.05) is 24.0 Å². The second-order valence-corrected chi connectivity index (χ2v) is 6.23. The van der Waals surface area contributed by atoms with E-state index in [9.17, 15) is 9.59 Å². The number of urea groups is 1. The van der Waals surface area contributed by atoms with Crippen molar-refractivity contribution in [2.45, 2.75) is 37.8 Å². The monoisotopic (exact) mass is 310 g/mol. The number of likely N-dealkylation sites (tertiary alicyclic amines) is 1. The lowest BCUT2D eigenvalue weighted by Gasteiger charge is -2.36. The largest absolute Gasteiger partial charge is 0.352 e. The van der Waals surface area contributed by atoms with Crippen LogP contribution >= 0.6 is 11.3 Å². The molecule has 1 aliphatic rings. The van der Waals surface area contributed by atoms with Gasteiger partial charge in [-0.3, -0.25) is 4.79 Å². The number of nitrogens with two attached hydrogens (primary N) is 2. The Bertz CT molecular complexity index is 477. The summed E-state index contributed by atoms with van der Waals surface area (Å²) in [6.07, 6.45) is 3.30. The third-order valence-corrected chi connectivity index (χ3v) is 4.79. The van der Waals surface area contributed by atoms with Gasteiger partial charge in [-0.15, -0.1) is 11.3 Å². The number of primary amides is 1. The van der Waals surface area contributed by atoms with Gasteiger partial charge in [0.2, 0.25) is 5.91 Å². The fraction of sp³-hybridized carbons (Fsp3) is 0.571. The van der Waals surface area contributed by atoms with Crippen LogP contribution in [0.2, 0.25) is 0 Å². The van der Waals surface area contributed by atoms with E-state index in [4.69, 9.17) is 11.5 Å². The number of hydrogen-bond acceptors (Lipinski definition) is 4. The molecule has 1 aromatic rings. The Kier molecular flexibility index (Phi) is 5.58. The Balaban J connectivity index is 2.05. The molecule has 1 fully saturated rings. The van der Waals surface area contributed by atoms with E-state index in [-0.39, 0.29) is 24.4 Å². The van der Waals surface area contributed by atoms with E-state index in [1.165, 1.54) is 11.3 Å². The zero-order valence-electron chi connectivity index (χ0n) is 12.0. The van der Waals surface area contributed by atoms with E-state index in [2.05, 4.69) is 5.32 Å². The van der Waals surface area contributed by atoms with E-state index in [0.717, 1.165) is 30.7 Å². The van der Waals surface area contributed by atoms with Crippen molar-refractivity contribution in [2.24, 2.45) is 11.5 Å². The zero-order valence-corrected chi connectivity index (χ0v) is 12.8. The molecule has 6 nitrogen and oxygen atoms in total. The summed E-state index contributed by atoms with van der Waals surface area (Å²) in [5.41, 5.74) is 11.0. The Morgan fingerprint density at radius 3 is 2.90 bits per heavy atom. The van der Waals surface area contributed by atoms with Crippen LogP contribution in [0.1, 0.15) is 36.6 Å². The Morgan fingerprint density at radius 1 is 1.48 bits per heavy atom. The summed E-state index contributed by atoms with van der Waals surface area (Å²) >= 11 is 1.50. The topological polar surface area (TPSA) is 101 Å². The summed E-state index contributed by atoms with van der Waals surface area (Å²) in [6.45, 7) is 1.23. The number of piperidine rings is 1. The number of nitrogens with zero attached hydrogens (tertiary/aromatic N) is 1. The van der Waals surface area contributed by atoms with Gasteiger partial charge < -0.3 is 21.7 Å². The first-order valence-electron chi connectivity index (χ1n) is 7.20. The maximum atomic E-state index is 12.5. The third kappa shape index (κ3) is 4.18. The summed E-state index contributed by atoms with van der Waals surface area (Å²) < 4.78 is 0. The van der Waals surface area contributed by atoms with Crippen molar-refractivity contribution in [1.29, 1.82) is 0 Å². The van der Waals surface area contributed by atoms with Gasteiger partial charge in [0.25, 0.3) is 0 Å². The molecule has 0 radical (unpaired) electrons. The molecule has 5 N–H and O–H groups in total. The van der Waals surface area contributed by atoms with Crippen LogP contribution in [0.5, 0.6) is 0 Å². The number of rotatable bonds is 5. The van der Waals surface area contributed by atoms with E-state index >= 15 is 0 Å². The highest BCUT2D eigenvalue weighted by atomic mass is 32.1. The molecule has 0 spiro atoms. The van der Waals surface area contributed by atoms with Crippen LogP contribution in [0.3, 0.4) is 0 Å². The molecule has 2 unspecified atom stereocenters. The fourth-order valence-corrected chi connectivity index (χ4v) is 3.53. The van der Waals surface area contributed by atoms with Gasteiger partial charge in [-0.25, -0.2) is 4.79 Å². The lowest BCUT2D eigenvalue weighted by Crippen LogP contribution is -2.48. The van der Waals surface area contributed by atoms with Crippen molar-refractivity contribution in [2.75, 3.05) is 13.1 Å². The van der Waals surface area contributed by atoms with Gasteiger partial charge in [-0.2, -0.15) is 0 Å². The van der Waals surface area contributed by atoms with Crippen molar-refractivity contribution >= 4 is 23.3 Å². The molecule has 0 aromatic carbocycles. The zero-order chi connectivity index (χ0) is 15.2. The summed E-state index contributed by atoms with van der Waals surface area (Å²) in [4.78, 5) is 26.5. The van der Waals surface area contributed by atoms with Crippen LogP contribution in [0.25, 0.3) is 0 Å². The average molecular weight is 310 g/mol. The molecule has 2 rings (SSSR count). The molecule has 1 aromatic heterocycles. The van der Waals surface area contributed by atoms with Crippen molar-refractivity contribution in [3.05, 3.63) is 22.4 Å². The molecule has 1 saturated heterocycles. The van der Waals surface area contributed by atoms with Gasteiger partial charge in [-0.1, -0.05) is 6.07 Å². The predicted octanol–water partition coefficient (Wildman–Crippen LogP) is 1.19. The van der Waals surface area contributed by atoms with Gasteiger partial charge in [0.1, 0.15) is 0 Å². The van der Waals surface area contributed by atoms with Crippen LogP contribution in [0.4, 0.5) is 4.79 Å². The summed E-state index contributed by atoms with van der Waals surface area (Å²) in [7, 11) is 0. The van der Waals surface area contributed by atoms with E-state index < -0.39 is 6.03 Å². The molecule has 2 heterocycles. The molecule has 7 heteroatoms. The van der Waals surface area contributed by atoms with Gasteiger partial charge in [0.15, 0.2) is 0 Å². The summed E-state index contributed by atoms with van der Waals surface area (Å²) in [6, 6.07) is 2.92. The second-order valence-electron chi connectivity index (χ2n) is 5.25. The van der Waals surface area contributed by atoms with Gasteiger partial charge >= 0.3 is 6.03 Å². The van der Waals surface area contributed by atoms with Gasteiger partial charge in [-0.05, 0) is 30.7 Å². The molecule has 2 atom stereocenters. The van der Waals surface area contributed by atoms with E-state index in [1.807, 2.05) is 22.4 Å². The van der Waals surface area contributed by atoms with Crippen molar-refractivity contribution in [3.8, 4) is 0 Å². The smallest absolute Gasteiger partial charge is 0.312 e. The molecule has 3 amide bonds. The average Bonchev–Trinajstić information content (AvgIpc) is 3.00. The van der Waals surface area contributed by atoms with E-state index in [1.54, 1.807) is 0 Å². The number of thiophene rings is 1. The summed E-state index contributed by atoms with van der Waals surface area (Å²) in [5.74, 6) is 0.0253. The minimum Gasteiger partial charge on any atom is -0.352 e. The molecule has 1 aliphatic heterocycles. The lowest BCUT2D eigenvalue weighted by atomic mass is 10.0. The van der Waals surface area contributed by atoms with Crippen LogP contribution < -0.4 is 16.8 Å². The van der Waals surface area contributed by atoms with Crippen molar-refractivity contribution in [1.82, 2.24) is 10.2 Å². The maximum absolute atomic E-state index is 12.5. The molecular weight excluding hydrogens is 288 g/mol. The summed E-state index contributed by atoms with van der Waals surface area (Å²) in [5, 5.41) is 4.57. The van der Waals surface area contributed by atoms with Gasteiger partial charge in [0.05, 0.1) is 12.5 Å². The molecule has 0 aliphatic carbocycles. The normalized spacial score (nSPS) is 20.0. The number of carbonyl (C=O) groups excluding carboxylic acids is 2. The predicted molar refractivity (Wildman–Crippen MR) is 82.8 cm³/mol. The van der Waals surface area contributed by atoms with Crippen LogP contribution in [0.15, 0.2) is 17.5 Å². The first-order chi connectivity index (χ1) is 10.1. The highest BCUT2D eigenvalue weighted by Crippen LogP contribution is 2.25. The lowest BCUT2D eigenvalue weighted by molar-refractivity contribution is -0.135. The van der Waals surface area contributed by atoms with Crippen molar-refractivity contribution in [3.63, 3.8) is 0 Å². The SMILES string of the molecule is NCC1CCCCN1C(=O)CC(NC(N)=O)c1cccs1. The Morgan fingerprint density at radius 2 is 2.29 bits per heavy atom. The third-order valence-electron chi connectivity index (χ3n) is 3.80. The maximum Gasteiger partial charge on any atom is 0.312 e. The minimum absolute atomic E-state index is 0.0253. The number of nitrogens with one attached hydrogen (secondary N) is 1. The molecule has 21 heavy (non-hydrogen) atoms. The molecular formula is C14H22N4O2S. The number of carbonyl (C=O) groups is 2. The molecule has 0 bridgehead atoms. The quantitative estimate of drug-likeness (QED) is 0.761. The van der Waals surface area contributed by atoms with Crippen LogP contribution in [-0.2, 0) is 4.79 Å². The standard InChI is InChI=1S/C14H22N4O2S/c15-9-10-4-1-2-6-18(10)13(19)8-11(17-14(16)20)12-5-3-7-21-12/h3,5,7,10-11H,1-2,4,6,8-9,15H2,(H3,16,17,20). The van der Waals surface area contributed by atoms with Crippen LogP contribution in [0, 0.1) is 0 Å². The van der Waals surface area contributed by atoms with Crippen molar-refractivity contribution < 1.29 is 9.59 Å². The van der Waals surface area contributed by atoms with E-state index in [0.29, 0.717) is 6.54 Å².